The molecule has 10 heavy (non-hydrogen) atoms. The highest BCUT2D eigenvalue weighted by atomic mass is 14.9. The van der Waals surface area contributed by atoms with Crippen LogP contribution in [0.1, 0.15) is 25.7 Å². The van der Waals surface area contributed by atoms with Gasteiger partial charge in [0.05, 0.1) is 0 Å². The van der Waals surface area contributed by atoms with Crippen LogP contribution in [0.15, 0.2) is 0 Å². The van der Waals surface area contributed by atoms with Crippen LogP contribution >= 0.6 is 0 Å². The molecule has 0 spiro atoms. The summed E-state index contributed by atoms with van der Waals surface area (Å²) in [5, 5.41) is 3.30. The molecule has 1 unspecified atom stereocenters. The summed E-state index contributed by atoms with van der Waals surface area (Å²) in [6, 6.07) is 0.691. The molecule has 1 fully saturated rings. The fourth-order valence-electron chi connectivity index (χ4n) is 1.35. The molecule has 0 saturated heterocycles. The van der Waals surface area contributed by atoms with Crippen molar-refractivity contribution in [3.63, 3.8) is 0 Å². The molecule has 56 valence electrons. The number of hydrogen-bond donors (Lipinski definition) is 1. The second kappa shape index (κ2) is 3.63. The quantitative estimate of drug-likeness (QED) is 0.577. The largest absolute Gasteiger partial charge is 0.317 e. The molecule has 1 aliphatic carbocycles. The summed E-state index contributed by atoms with van der Waals surface area (Å²) in [4.78, 5) is 0. The van der Waals surface area contributed by atoms with Gasteiger partial charge in [0.2, 0.25) is 0 Å². The van der Waals surface area contributed by atoms with Gasteiger partial charge in [0, 0.05) is 12.5 Å². The molecule has 1 atom stereocenters. The first-order valence-corrected chi connectivity index (χ1v) is 3.99. The second-order valence-electron chi connectivity index (χ2n) is 2.98. The highest BCUT2D eigenvalue weighted by Crippen LogP contribution is 2.34. The second-order valence-corrected chi connectivity index (χ2v) is 2.98. The van der Waals surface area contributed by atoms with Crippen LogP contribution in [0.4, 0.5) is 0 Å². The Balaban J connectivity index is 2.14. The lowest BCUT2D eigenvalue weighted by molar-refractivity contribution is 0.476. The topological polar surface area (TPSA) is 12.0 Å². The lowest BCUT2D eigenvalue weighted by Crippen LogP contribution is -2.26. The van der Waals surface area contributed by atoms with Crippen molar-refractivity contribution in [1.29, 1.82) is 0 Å². The number of nitrogens with one attached hydrogen (secondary N) is 1. The molecule has 0 aromatic carbocycles. The highest BCUT2D eigenvalue weighted by molar-refractivity contribution is 4.90. The van der Waals surface area contributed by atoms with E-state index in [2.05, 4.69) is 11.2 Å². The maximum absolute atomic E-state index is 5.17. The van der Waals surface area contributed by atoms with Gasteiger partial charge in [0.1, 0.15) is 0 Å². The van der Waals surface area contributed by atoms with Crippen molar-refractivity contribution in [2.75, 3.05) is 7.05 Å². The molecule has 1 heteroatoms. The standard InChI is InChI=1S/C9H15N/c1-3-4-5-9(10-2)8-6-7-8/h1,8-10H,4-7H2,2H3. The number of hydrogen-bond acceptors (Lipinski definition) is 1. The monoisotopic (exact) mass is 137 g/mol. The van der Waals surface area contributed by atoms with Gasteiger partial charge in [-0.2, -0.15) is 0 Å². The third-order valence-electron chi connectivity index (χ3n) is 2.16. The van der Waals surface area contributed by atoms with Crippen LogP contribution in [0.2, 0.25) is 0 Å². The summed E-state index contributed by atoms with van der Waals surface area (Å²) in [5.41, 5.74) is 0. The smallest absolute Gasteiger partial charge is 0.0101 e. The van der Waals surface area contributed by atoms with Crippen LogP contribution in [-0.2, 0) is 0 Å². The Kier molecular flexibility index (Phi) is 2.77. The van der Waals surface area contributed by atoms with E-state index in [0.717, 1.165) is 18.8 Å². The lowest BCUT2D eigenvalue weighted by atomic mass is 10.1. The van der Waals surface area contributed by atoms with Crippen LogP contribution < -0.4 is 5.32 Å². The van der Waals surface area contributed by atoms with Crippen LogP contribution in [-0.4, -0.2) is 13.1 Å². The average molecular weight is 137 g/mol. The third kappa shape index (κ3) is 2.04. The number of rotatable bonds is 4. The van der Waals surface area contributed by atoms with Crippen LogP contribution in [0.5, 0.6) is 0 Å². The zero-order chi connectivity index (χ0) is 7.40. The van der Waals surface area contributed by atoms with E-state index < -0.39 is 0 Å². The normalized spacial score (nSPS) is 20.0. The first kappa shape index (κ1) is 7.63. The maximum Gasteiger partial charge on any atom is 0.0101 e. The summed E-state index contributed by atoms with van der Waals surface area (Å²) < 4.78 is 0. The minimum atomic E-state index is 0.691. The summed E-state index contributed by atoms with van der Waals surface area (Å²) in [7, 11) is 2.03. The molecule has 0 amide bonds. The average Bonchev–Trinajstić information content (AvgIpc) is 2.73. The minimum absolute atomic E-state index is 0.691. The minimum Gasteiger partial charge on any atom is -0.317 e. The highest BCUT2D eigenvalue weighted by Gasteiger charge is 2.29. The molecule has 0 aromatic rings. The Morgan fingerprint density at radius 3 is 2.80 bits per heavy atom. The van der Waals surface area contributed by atoms with Gasteiger partial charge in [-0.1, -0.05) is 0 Å². The lowest BCUT2D eigenvalue weighted by Gasteiger charge is -2.12. The number of terminal acetylenes is 1. The Morgan fingerprint density at radius 2 is 2.40 bits per heavy atom. The van der Waals surface area contributed by atoms with Gasteiger partial charge in [-0.15, -0.1) is 12.3 Å². The predicted molar refractivity (Wildman–Crippen MR) is 43.6 cm³/mol. The molecule has 1 aliphatic rings. The predicted octanol–water partition coefficient (Wildman–Crippen LogP) is 1.40. The molecule has 0 aromatic heterocycles. The Morgan fingerprint density at radius 1 is 1.70 bits per heavy atom. The van der Waals surface area contributed by atoms with E-state index in [1.54, 1.807) is 0 Å². The molecule has 1 saturated carbocycles. The van der Waals surface area contributed by atoms with Crippen molar-refractivity contribution >= 4 is 0 Å². The first-order chi connectivity index (χ1) is 4.88. The van der Waals surface area contributed by atoms with Crippen LogP contribution in [0.3, 0.4) is 0 Å². The molecule has 1 nitrogen and oxygen atoms in total. The summed E-state index contributed by atoms with van der Waals surface area (Å²) in [5.74, 6) is 3.60. The Labute approximate surface area is 63.2 Å². The van der Waals surface area contributed by atoms with Crippen molar-refractivity contribution < 1.29 is 0 Å². The molecule has 0 aliphatic heterocycles. The van der Waals surface area contributed by atoms with E-state index >= 15 is 0 Å². The van der Waals surface area contributed by atoms with Crippen molar-refractivity contribution in [2.45, 2.75) is 31.7 Å². The van der Waals surface area contributed by atoms with Gasteiger partial charge >= 0.3 is 0 Å². The van der Waals surface area contributed by atoms with Crippen molar-refractivity contribution in [2.24, 2.45) is 5.92 Å². The Bertz CT molecular complexity index is 130. The fraction of sp³-hybridized carbons (Fsp3) is 0.778. The van der Waals surface area contributed by atoms with Crippen molar-refractivity contribution in [1.82, 2.24) is 5.32 Å². The van der Waals surface area contributed by atoms with E-state index in [0.29, 0.717) is 6.04 Å². The molecule has 0 bridgehead atoms. The zero-order valence-corrected chi connectivity index (χ0v) is 6.56. The third-order valence-corrected chi connectivity index (χ3v) is 2.16. The van der Waals surface area contributed by atoms with E-state index in [1.165, 1.54) is 12.8 Å². The zero-order valence-electron chi connectivity index (χ0n) is 6.56. The van der Waals surface area contributed by atoms with Gasteiger partial charge in [-0.25, -0.2) is 0 Å². The fourth-order valence-corrected chi connectivity index (χ4v) is 1.35. The molecular weight excluding hydrogens is 122 g/mol. The van der Waals surface area contributed by atoms with Crippen LogP contribution in [0.25, 0.3) is 0 Å². The molecule has 0 radical (unpaired) electrons. The van der Waals surface area contributed by atoms with E-state index in [9.17, 15) is 0 Å². The van der Waals surface area contributed by atoms with Gasteiger partial charge in [-0.05, 0) is 32.2 Å². The first-order valence-electron chi connectivity index (χ1n) is 3.99. The van der Waals surface area contributed by atoms with Gasteiger partial charge in [-0.3, -0.25) is 0 Å². The van der Waals surface area contributed by atoms with Gasteiger partial charge in [0.25, 0.3) is 0 Å². The summed E-state index contributed by atoms with van der Waals surface area (Å²) >= 11 is 0. The van der Waals surface area contributed by atoms with E-state index in [1.807, 2.05) is 7.05 Å². The summed E-state index contributed by atoms with van der Waals surface area (Å²) in [6.07, 6.45) is 10.0. The van der Waals surface area contributed by atoms with E-state index in [4.69, 9.17) is 6.42 Å². The van der Waals surface area contributed by atoms with Gasteiger partial charge in [0.15, 0.2) is 0 Å². The van der Waals surface area contributed by atoms with Crippen molar-refractivity contribution in [3.05, 3.63) is 0 Å². The molecular formula is C9H15N. The molecule has 0 heterocycles. The maximum atomic E-state index is 5.17. The van der Waals surface area contributed by atoms with Crippen LogP contribution in [0, 0.1) is 18.3 Å². The SMILES string of the molecule is C#CCCC(NC)C1CC1. The van der Waals surface area contributed by atoms with E-state index in [-0.39, 0.29) is 0 Å². The summed E-state index contributed by atoms with van der Waals surface area (Å²) in [6.45, 7) is 0. The van der Waals surface area contributed by atoms with Gasteiger partial charge < -0.3 is 5.32 Å². The molecule has 1 N–H and O–H groups in total. The van der Waals surface area contributed by atoms with Crippen molar-refractivity contribution in [3.8, 4) is 12.3 Å². The Hall–Kier alpha value is -0.480. The molecule has 1 rings (SSSR count).